The maximum absolute atomic E-state index is 3.81. The van der Waals surface area contributed by atoms with E-state index in [9.17, 15) is 0 Å². The lowest BCUT2D eigenvalue weighted by Crippen LogP contribution is -2.49. The fraction of sp³-hybridized carbons (Fsp3) is 1.00. The first-order valence-corrected chi connectivity index (χ1v) is 7.33. The summed E-state index contributed by atoms with van der Waals surface area (Å²) in [6.07, 6.45) is 2.76. The van der Waals surface area contributed by atoms with Crippen molar-refractivity contribution in [2.24, 2.45) is 11.3 Å². The molecule has 1 aliphatic heterocycles. The number of nitrogens with one attached hydrogen (secondary N) is 1. The predicted octanol–water partition coefficient (Wildman–Crippen LogP) is 3.13. The van der Waals surface area contributed by atoms with Crippen molar-refractivity contribution in [3.63, 3.8) is 0 Å². The van der Waals surface area contributed by atoms with Gasteiger partial charge in [-0.3, -0.25) is 0 Å². The highest BCUT2D eigenvalue weighted by molar-refractivity contribution is 4.85. The molecule has 3 unspecified atom stereocenters. The molecule has 0 aromatic heterocycles. The van der Waals surface area contributed by atoms with E-state index in [-0.39, 0.29) is 0 Å². The van der Waals surface area contributed by atoms with Crippen molar-refractivity contribution in [1.29, 1.82) is 0 Å². The van der Waals surface area contributed by atoms with Crippen molar-refractivity contribution >= 4 is 0 Å². The van der Waals surface area contributed by atoms with Crippen LogP contribution in [0.3, 0.4) is 0 Å². The summed E-state index contributed by atoms with van der Waals surface area (Å²) < 4.78 is 0. The van der Waals surface area contributed by atoms with Crippen LogP contribution in [0.1, 0.15) is 54.4 Å². The number of hydrogen-bond acceptors (Lipinski definition) is 2. The average molecular weight is 240 g/mol. The summed E-state index contributed by atoms with van der Waals surface area (Å²) in [7, 11) is 0. The molecule has 0 aromatic carbocycles. The van der Waals surface area contributed by atoms with E-state index in [0.29, 0.717) is 17.5 Å². The summed E-state index contributed by atoms with van der Waals surface area (Å²) in [6, 6.07) is 1.22. The van der Waals surface area contributed by atoms with Crippen LogP contribution >= 0.6 is 0 Å². The Balaban J connectivity index is 2.44. The second-order valence-electron chi connectivity index (χ2n) is 6.84. The molecule has 17 heavy (non-hydrogen) atoms. The van der Waals surface area contributed by atoms with Gasteiger partial charge in [-0.05, 0) is 51.1 Å². The molecular formula is C15H32N2. The highest BCUT2D eigenvalue weighted by Crippen LogP contribution is 2.23. The number of likely N-dealkylation sites (tertiary alicyclic amines) is 1. The minimum absolute atomic E-state index is 0.355. The Hall–Kier alpha value is -0.0800. The van der Waals surface area contributed by atoms with E-state index < -0.39 is 0 Å². The lowest BCUT2D eigenvalue weighted by molar-refractivity contribution is 0.141. The number of nitrogens with zero attached hydrogens (tertiary/aromatic N) is 1. The zero-order chi connectivity index (χ0) is 13.1. The van der Waals surface area contributed by atoms with Gasteiger partial charge in [0, 0.05) is 18.6 Å². The molecule has 0 bridgehead atoms. The topological polar surface area (TPSA) is 15.3 Å². The van der Waals surface area contributed by atoms with Gasteiger partial charge in [0.05, 0.1) is 0 Å². The monoisotopic (exact) mass is 240 g/mol. The first-order valence-electron chi connectivity index (χ1n) is 7.33. The van der Waals surface area contributed by atoms with Crippen LogP contribution in [0, 0.1) is 11.3 Å². The van der Waals surface area contributed by atoms with Crippen molar-refractivity contribution in [3.05, 3.63) is 0 Å². The van der Waals surface area contributed by atoms with Gasteiger partial charge in [-0.1, -0.05) is 27.7 Å². The van der Waals surface area contributed by atoms with Crippen LogP contribution < -0.4 is 5.32 Å². The van der Waals surface area contributed by atoms with E-state index in [2.05, 4.69) is 51.8 Å². The summed E-state index contributed by atoms with van der Waals surface area (Å²) in [4.78, 5) is 2.59. The normalized spacial score (nSPS) is 26.8. The van der Waals surface area contributed by atoms with Crippen LogP contribution in [-0.2, 0) is 0 Å². The predicted molar refractivity (Wildman–Crippen MR) is 76.4 cm³/mol. The van der Waals surface area contributed by atoms with Gasteiger partial charge in [-0.25, -0.2) is 0 Å². The molecular weight excluding hydrogens is 208 g/mol. The van der Waals surface area contributed by atoms with E-state index in [1.807, 2.05) is 0 Å². The highest BCUT2D eigenvalue weighted by Gasteiger charge is 2.27. The van der Waals surface area contributed by atoms with Gasteiger partial charge >= 0.3 is 0 Å². The summed E-state index contributed by atoms with van der Waals surface area (Å²) in [6.45, 7) is 17.7. The third-order valence-corrected chi connectivity index (χ3v) is 4.51. The molecule has 1 fully saturated rings. The van der Waals surface area contributed by atoms with E-state index >= 15 is 0 Å². The molecule has 1 heterocycles. The van der Waals surface area contributed by atoms with Crippen LogP contribution in [0.5, 0.6) is 0 Å². The molecule has 2 heteroatoms. The SMILES string of the molecule is CCN1CCCC(C(C)NC(C)C(C)(C)C)C1. The van der Waals surface area contributed by atoms with Crippen LogP contribution in [0.15, 0.2) is 0 Å². The second-order valence-corrected chi connectivity index (χ2v) is 6.84. The first-order chi connectivity index (χ1) is 7.84. The highest BCUT2D eigenvalue weighted by atomic mass is 15.1. The molecule has 0 aromatic rings. The van der Waals surface area contributed by atoms with E-state index in [0.717, 1.165) is 5.92 Å². The van der Waals surface area contributed by atoms with E-state index in [4.69, 9.17) is 0 Å². The molecule has 0 radical (unpaired) electrons. The molecule has 0 amide bonds. The zero-order valence-corrected chi connectivity index (χ0v) is 12.7. The molecule has 0 saturated carbocycles. The molecule has 0 spiro atoms. The van der Waals surface area contributed by atoms with Gasteiger partial charge in [0.1, 0.15) is 0 Å². The fourth-order valence-corrected chi connectivity index (χ4v) is 2.57. The summed E-state index contributed by atoms with van der Waals surface area (Å²) in [5.41, 5.74) is 0.355. The van der Waals surface area contributed by atoms with Crippen molar-refractivity contribution < 1.29 is 0 Å². The number of hydrogen-bond donors (Lipinski definition) is 1. The van der Waals surface area contributed by atoms with Gasteiger partial charge in [-0.15, -0.1) is 0 Å². The number of piperidine rings is 1. The van der Waals surface area contributed by atoms with Gasteiger partial charge in [0.2, 0.25) is 0 Å². The molecule has 0 aliphatic carbocycles. The lowest BCUT2D eigenvalue weighted by atomic mass is 9.85. The Kier molecular flexibility index (Phi) is 5.46. The van der Waals surface area contributed by atoms with Crippen molar-refractivity contribution in [2.75, 3.05) is 19.6 Å². The van der Waals surface area contributed by atoms with E-state index in [1.54, 1.807) is 0 Å². The molecule has 1 rings (SSSR count). The van der Waals surface area contributed by atoms with Crippen molar-refractivity contribution in [2.45, 2.75) is 66.5 Å². The Morgan fingerprint density at radius 3 is 2.47 bits per heavy atom. The molecule has 1 saturated heterocycles. The maximum Gasteiger partial charge on any atom is 0.00898 e. The van der Waals surface area contributed by atoms with E-state index in [1.165, 1.54) is 32.5 Å². The third kappa shape index (κ3) is 4.59. The zero-order valence-electron chi connectivity index (χ0n) is 12.7. The van der Waals surface area contributed by atoms with Crippen LogP contribution in [-0.4, -0.2) is 36.6 Å². The molecule has 3 atom stereocenters. The molecule has 102 valence electrons. The smallest absolute Gasteiger partial charge is 0.00898 e. The lowest BCUT2D eigenvalue weighted by Gasteiger charge is -2.39. The van der Waals surface area contributed by atoms with Gasteiger partial charge in [-0.2, -0.15) is 0 Å². The first kappa shape index (κ1) is 15.0. The molecule has 1 aliphatic rings. The summed E-state index contributed by atoms with van der Waals surface area (Å²) in [5, 5.41) is 3.81. The van der Waals surface area contributed by atoms with Gasteiger partial charge in [0.25, 0.3) is 0 Å². The molecule has 1 N–H and O–H groups in total. The third-order valence-electron chi connectivity index (χ3n) is 4.51. The Morgan fingerprint density at radius 2 is 1.94 bits per heavy atom. The standard InChI is InChI=1S/C15H32N2/c1-7-17-10-8-9-14(11-17)12(2)16-13(3)15(4,5)6/h12-14,16H,7-11H2,1-6H3. The average Bonchev–Trinajstić information content (AvgIpc) is 2.27. The quantitative estimate of drug-likeness (QED) is 0.812. The minimum atomic E-state index is 0.355. The fourth-order valence-electron chi connectivity index (χ4n) is 2.57. The number of rotatable bonds is 4. The van der Waals surface area contributed by atoms with Crippen LogP contribution in [0.2, 0.25) is 0 Å². The Labute approximate surface area is 108 Å². The summed E-state index contributed by atoms with van der Waals surface area (Å²) in [5.74, 6) is 0.827. The summed E-state index contributed by atoms with van der Waals surface area (Å²) >= 11 is 0. The van der Waals surface area contributed by atoms with Crippen LogP contribution in [0.25, 0.3) is 0 Å². The minimum Gasteiger partial charge on any atom is -0.311 e. The molecule has 2 nitrogen and oxygen atoms in total. The largest absolute Gasteiger partial charge is 0.311 e. The van der Waals surface area contributed by atoms with Crippen molar-refractivity contribution in [1.82, 2.24) is 10.2 Å². The Morgan fingerprint density at radius 1 is 1.29 bits per heavy atom. The van der Waals surface area contributed by atoms with Gasteiger partial charge in [0.15, 0.2) is 0 Å². The Bertz CT molecular complexity index is 219. The van der Waals surface area contributed by atoms with Crippen LogP contribution in [0.4, 0.5) is 0 Å². The van der Waals surface area contributed by atoms with Crippen molar-refractivity contribution in [3.8, 4) is 0 Å². The maximum atomic E-state index is 3.81. The second kappa shape index (κ2) is 6.19. The van der Waals surface area contributed by atoms with Gasteiger partial charge < -0.3 is 10.2 Å².